The largest absolute Gasteiger partial charge is 0.351 e. The monoisotopic (exact) mass is 571 g/mol. The van der Waals surface area contributed by atoms with E-state index in [9.17, 15) is 4.79 Å². The van der Waals surface area contributed by atoms with Gasteiger partial charge in [-0.05, 0) is 86.1 Å². The molecule has 2 atom stereocenters. The first-order chi connectivity index (χ1) is 19.2. The van der Waals surface area contributed by atoms with E-state index in [0.717, 1.165) is 34.8 Å². The number of rotatable bonds is 7. The summed E-state index contributed by atoms with van der Waals surface area (Å²) in [5, 5.41) is 7.50. The third-order valence-electron chi connectivity index (χ3n) is 7.51. The second-order valence-corrected chi connectivity index (χ2v) is 11.2. The number of halogens is 1. The molecular weight excluding hydrogens is 538 g/mol. The fourth-order valence-electron chi connectivity index (χ4n) is 5.47. The lowest BCUT2D eigenvalue weighted by Crippen LogP contribution is -2.29. The van der Waals surface area contributed by atoms with Crippen LogP contribution < -0.4 is 15.5 Å². The van der Waals surface area contributed by atoms with Crippen LogP contribution in [0.1, 0.15) is 61.1 Å². The zero-order valence-corrected chi connectivity index (χ0v) is 25.0. The molecule has 3 heterocycles. The summed E-state index contributed by atoms with van der Waals surface area (Å²) in [6, 6.07) is 22.0. The van der Waals surface area contributed by atoms with Crippen LogP contribution in [0.2, 0.25) is 5.02 Å². The summed E-state index contributed by atoms with van der Waals surface area (Å²) >= 11 is 12.6. The van der Waals surface area contributed by atoms with E-state index in [-0.39, 0.29) is 23.9 Å². The molecule has 206 valence electrons. The van der Waals surface area contributed by atoms with Crippen LogP contribution in [-0.4, -0.2) is 20.6 Å². The third-order valence-corrected chi connectivity index (χ3v) is 8.14. The van der Waals surface area contributed by atoms with Crippen molar-refractivity contribution in [2.75, 3.05) is 10.2 Å². The molecule has 8 heteroatoms. The summed E-state index contributed by atoms with van der Waals surface area (Å²) in [7, 11) is 0. The zero-order valence-electron chi connectivity index (χ0n) is 23.4. The van der Waals surface area contributed by atoms with E-state index in [1.807, 2.05) is 56.4 Å². The van der Waals surface area contributed by atoms with Crippen molar-refractivity contribution in [3.05, 3.63) is 106 Å². The number of aromatic nitrogens is 2. The van der Waals surface area contributed by atoms with Crippen LogP contribution in [0.5, 0.6) is 0 Å². The highest BCUT2D eigenvalue weighted by molar-refractivity contribution is 7.80. The van der Waals surface area contributed by atoms with Gasteiger partial charge in [0.1, 0.15) is 0 Å². The number of amides is 1. The summed E-state index contributed by atoms with van der Waals surface area (Å²) in [5.41, 5.74) is 8.25. The number of carbonyl (C=O) groups is 1. The van der Waals surface area contributed by atoms with Gasteiger partial charge in [-0.15, -0.1) is 0 Å². The predicted octanol–water partition coefficient (Wildman–Crippen LogP) is 7.48. The number of pyridine rings is 1. The number of benzene rings is 2. The lowest BCUT2D eigenvalue weighted by atomic mass is 9.96. The summed E-state index contributed by atoms with van der Waals surface area (Å²) in [6.07, 6.45) is 2.75. The van der Waals surface area contributed by atoms with Crippen molar-refractivity contribution in [3.8, 4) is 5.69 Å². The van der Waals surface area contributed by atoms with Crippen molar-refractivity contribution in [2.24, 2.45) is 5.92 Å². The average Bonchev–Trinajstić information content (AvgIpc) is 3.44. The molecule has 1 aliphatic rings. The van der Waals surface area contributed by atoms with Gasteiger partial charge in [-0.2, -0.15) is 0 Å². The van der Waals surface area contributed by atoms with Crippen molar-refractivity contribution >= 4 is 46.2 Å². The van der Waals surface area contributed by atoms with E-state index in [1.165, 1.54) is 11.3 Å². The molecular formula is C32H34ClN5OS. The number of hydrogen-bond acceptors (Lipinski definition) is 3. The Bertz CT molecular complexity index is 1570. The van der Waals surface area contributed by atoms with Gasteiger partial charge in [0.15, 0.2) is 5.11 Å². The highest BCUT2D eigenvalue weighted by Crippen LogP contribution is 2.45. The lowest BCUT2D eigenvalue weighted by molar-refractivity contribution is -0.118. The minimum absolute atomic E-state index is 0.0825. The van der Waals surface area contributed by atoms with Gasteiger partial charge in [-0.3, -0.25) is 9.78 Å². The Balaban J connectivity index is 1.63. The minimum atomic E-state index is -0.178. The second kappa shape index (κ2) is 11.4. The summed E-state index contributed by atoms with van der Waals surface area (Å²) in [4.78, 5) is 19.1. The normalized spacial score (nSPS) is 16.9. The first kappa shape index (κ1) is 27.9. The number of thiocarbonyl (C=S) groups is 1. The van der Waals surface area contributed by atoms with Crippen molar-refractivity contribution in [1.82, 2.24) is 14.9 Å². The Morgan fingerprint density at radius 3 is 2.52 bits per heavy atom. The molecule has 2 aromatic carbocycles. The Morgan fingerprint density at radius 2 is 1.85 bits per heavy atom. The van der Waals surface area contributed by atoms with Gasteiger partial charge in [-0.25, -0.2) is 0 Å². The molecule has 0 radical (unpaired) electrons. The van der Waals surface area contributed by atoms with Crippen molar-refractivity contribution in [1.29, 1.82) is 0 Å². The van der Waals surface area contributed by atoms with E-state index in [4.69, 9.17) is 28.8 Å². The van der Waals surface area contributed by atoms with Crippen LogP contribution in [0.3, 0.4) is 0 Å². The standard InChI is InChI=1S/C32H34ClN5OS/c1-6-22-11-7-8-13-28(22)37-20(4)17-24(21(37)5)30-29(27-12-9-10-16-34-27)36-32(40)38(30)23-14-15-26(25(33)18-23)35-31(39)19(2)3/h7-19,29-30H,6H2,1-5H3,(H,35,39)(H,36,40)/t29-,30+/m0/s1. The maximum atomic E-state index is 12.3. The zero-order chi connectivity index (χ0) is 28.6. The number of anilines is 2. The van der Waals surface area contributed by atoms with Crippen LogP contribution >= 0.6 is 23.8 Å². The topological polar surface area (TPSA) is 62.2 Å². The highest BCUT2D eigenvalue weighted by atomic mass is 35.5. The van der Waals surface area contributed by atoms with Gasteiger partial charge in [-0.1, -0.05) is 56.6 Å². The van der Waals surface area contributed by atoms with Gasteiger partial charge in [0, 0.05) is 34.9 Å². The van der Waals surface area contributed by atoms with Crippen LogP contribution in [-0.2, 0) is 11.2 Å². The first-order valence-electron chi connectivity index (χ1n) is 13.6. The van der Waals surface area contributed by atoms with Crippen LogP contribution in [0, 0.1) is 19.8 Å². The molecule has 2 N–H and O–H groups in total. The molecule has 0 bridgehead atoms. The Morgan fingerprint density at radius 1 is 1.10 bits per heavy atom. The average molecular weight is 572 g/mol. The van der Waals surface area contributed by atoms with E-state index in [1.54, 1.807) is 0 Å². The van der Waals surface area contributed by atoms with Crippen LogP contribution in [0.15, 0.2) is 72.9 Å². The third kappa shape index (κ3) is 5.11. The molecule has 40 heavy (non-hydrogen) atoms. The van der Waals surface area contributed by atoms with Crippen molar-refractivity contribution in [3.63, 3.8) is 0 Å². The minimum Gasteiger partial charge on any atom is -0.351 e. The Labute approximate surface area is 246 Å². The molecule has 1 amide bonds. The molecule has 6 nitrogen and oxygen atoms in total. The van der Waals surface area contributed by atoms with Crippen LogP contribution in [0.25, 0.3) is 5.69 Å². The fourth-order valence-corrected chi connectivity index (χ4v) is 6.03. The maximum Gasteiger partial charge on any atom is 0.226 e. The Hall–Kier alpha value is -3.68. The molecule has 5 rings (SSSR count). The molecule has 0 spiro atoms. The lowest BCUT2D eigenvalue weighted by Gasteiger charge is -2.28. The van der Waals surface area contributed by atoms with Gasteiger partial charge in [0.25, 0.3) is 0 Å². The SMILES string of the molecule is CCc1ccccc1-n1c(C)cc([C@@H]2[C@H](c3ccccn3)NC(=S)N2c2ccc(NC(=O)C(C)C)c(Cl)c2)c1C. The highest BCUT2D eigenvalue weighted by Gasteiger charge is 2.42. The predicted molar refractivity (Wildman–Crippen MR) is 167 cm³/mol. The summed E-state index contributed by atoms with van der Waals surface area (Å²) in [5.74, 6) is -0.233. The molecule has 1 fully saturated rings. The van der Waals surface area contributed by atoms with Gasteiger partial charge in [0.05, 0.1) is 28.5 Å². The van der Waals surface area contributed by atoms with E-state index >= 15 is 0 Å². The van der Waals surface area contributed by atoms with Gasteiger partial charge in [0.2, 0.25) is 5.91 Å². The van der Waals surface area contributed by atoms with E-state index in [2.05, 4.69) is 71.2 Å². The molecule has 0 unspecified atom stereocenters. The number of nitrogens with one attached hydrogen (secondary N) is 2. The summed E-state index contributed by atoms with van der Waals surface area (Å²) < 4.78 is 2.33. The van der Waals surface area contributed by atoms with Gasteiger partial charge < -0.3 is 20.1 Å². The molecule has 4 aromatic rings. The number of nitrogens with zero attached hydrogens (tertiary/aromatic N) is 3. The molecule has 0 aliphatic carbocycles. The Kier molecular flexibility index (Phi) is 7.97. The quantitative estimate of drug-likeness (QED) is 0.225. The molecule has 0 saturated carbocycles. The molecule has 1 saturated heterocycles. The van der Waals surface area contributed by atoms with Crippen molar-refractivity contribution in [2.45, 2.75) is 53.1 Å². The van der Waals surface area contributed by atoms with E-state index in [0.29, 0.717) is 15.8 Å². The molecule has 1 aliphatic heterocycles. The fraction of sp³-hybridized carbons (Fsp3) is 0.281. The van der Waals surface area contributed by atoms with Gasteiger partial charge >= 0.3 is 0 Å². The number of para-hydroxylation sites is 1. The van der Waals surface area contributed by atoms with Crippen molar-refractivity contribution < 1.29 is 4.79 Å². The van der Waals surface area contributed by atoms with Crippen LogP contribution in [0.4, 0.5) is 11.4 Å². The smallest absolute Gasteiger partial charge is 0.226 e. The first-order valence-corrected chi connectivity index (χ1v) is 14.4. The number of hydrogen-bond donors (Lipinski definition) is 2. The molecule has 2 aromatic heterocycles. The number of aryl methyl sites for hydroxylation is 2. The van der Waals surface area contributed by atoms with E-state index < -0.39 is 0 Å². The second-order valence-electron chi connectivity index (χ2n) is 10.4. The maximum absolute atomic E-state index is 12.3. The number of carbonyl (C=O) groups excluding carboxylic acids is 1. The summed E-state index contributed by atoms with van der Waals surface area (Å²) in [6.45, 7) is 10.2.